The van der Waals surface area contributed by atoms with Crippen molar-refractivity contribution in [1.82, 2.24) is 14.4 Å². The normalized spacial score (nSPS) is 10.8. The van der Waals surface area contributed by atoms with E-state index in [1.807, 2.05) is 41.1 Å². The van der Waals surface area contributed by atoms with Crippen molar-refractivity contribution in [2.75, 3.05) is 5.32 Å². The lowest BCUT2D eigenvalue weighted by atomic mass is 10.1. The highest BCUT2D eigenvalue weighted by molar-refractivity contribution is 6.31. The molecule has 3 rings (SSSR count). The van der Waals surface area contributed by atoms with E-state index in [1.165, 1.54) is 6.92 Å². The van der Waals surface area contributed by atoms with E-state index in [-0.39, 0.29) is 5.91 Å². The molecule has 0 atom stereocenters. The predicted octanol–water partition coefficient (Wildman–Crippen LogP) is 2.93. The molecular formula is C15H13ClN4O. The Labute approximate surface area is 126 Å². The SMILES string of the molecule is CC(=O)Nc1nc2nccn2cc1Cc1ccccc1Cl. The Balaban J connectivity index is 2.06. The number of imidazole rings is 1. The number of benzene rings is 1. The van der Waals surface area contributed by atoms with E-state index < -0.39 is 0 Å². The lowest BCUT2D eigenvalue weighted by Crippen LogP contribution is -2.11. The average molecular weight is 301 g/mol. The molecule has 2 heterocycles. The number of amides is 1. The first-order chi connectivity index (χ1) is 10.1. The van der Waals surface area contributed by atoms with Gasteiger partial charge in [0.05, 0.1) is 0 Å². The van der Waals surface area contributed by atoms with Crippen LogP contribution in [-0.2, 0) is 11.2 Å². The molecule has 6 heteroatoms. The zero-order chi connectivity index (χ0) is 14.8. The minimum atomic E-state index is -0.168. The summed E-state index contributed by atoms with van der Waals surface area (Å²) in [5.41, 5.74) is 1.86. The van der Waals surface area contributed by atoms with Crippen LogP contribution in [0.1, 0.15) is 18.1 Å². The highest BCUT2D eigenvalue weighted by atomic mass is 35.5. The summed E-state index contributed by atoms with van der Waals surface area (Å²) in [6.45, 7) is 1.46. The first kappa shape index (κ1) is 13.6. The van der Waals surface area contributed by atoms with Gasteiger partial charge in [-0.1, -0.05) is 29.8 Å². The quantitative estimate of drug-likeness (QED) is 0.809. The summed E-state index contributed by atoms with van der Waals surface area (Å²) in [6.07, 6.45) is 5.97. The smallest absolute Gasteiger partial charge is 0.235 e. The van der Waals surface area contributed by atoms with Gasteiger partial charge in [0.25, 0.3) is 0 Å². The van der Waals surface area contributed by atoms with E-state index >= 15 is 0 Å². The maximum atomic E-state index is 11.4. The van der Waals surface area contributed by atoms with Gasteiger partial charge in [-0.2, -0.15) is 4.98 Å². The number of nitrogens with one attached hydrogen (secondary N) is 1. The fourth-order valence-corrected chi connectivity index (χ4v) is 2.35. The van der Waals surface area contributed by atoms with Crippen molar-refractivity contribution in [1.29, 1.82) is 0 Å². The van der Waals surface area contributed by atoms with Gasteiger partial charge in [0.2, 0.25) is 11.7 Å². The van der Waals surface area contributed by atoms with Crippen LogP contribution in [0.5, 0.6) is 0 Å². The Kier molecular flexibility index (Phi) is 3.58. The molecule has 1 amide bonds. The Morgan fingerprint density at radius 1 is 1.33 bits per heavy atom. The van der Waals surface area contributed by atoms with Gasteiger partial charge in [-0.15, -0.1) is 0 Å². The van der Waals surface area contributed by atoms with Crippen LogP contribution in [0.25, 0.3) is 5.78 Å². The molecule has 1 aromatic carbocycles. The Hall–Kier alpha value is -2.40. The van der Waals surface area contributed by atoms with Gasteiger partial charge in [-0.25, -0.2) is 4.98 Å². The minimum Gasteiger partial charge on any atom is -0.311 e. The van der Waals surface area contributed by atoms with Crippen molar-refractivity contribution >= 4 is 29.1 Å². The molecule has 5 nitrogen and oxygen atoms in total. The number of halogens is 1. The van der Waals surface area contributed by atoms with E-state index in [0.717, 1.165) is 11.1 Å². The fourth-order valence-electron chi connectivity index (χ4n) is 2.14. The van der Waals surface area contributed by atoms with Crippen LogP contribution >= 0.6 is 11.6 Å². The minimum absolute atomic E-state index is 0.168. The van der Waals surface area contributed by atoms with Gasteiger partial charge in [-0.3, -0.25) is 9.20 Å². The number of hydrogen-bond donors (Lipinski definition) is 1. The lowest BCUT2D eigenvalue weighted by molar-refractivity contribution is -0.114. The summed E-state index contributed by atoms with van der Waals surface area (Å²) in [7, 11) is 0. The molecule has 1 N–H and O–H groups in total. The van der Waals surface area contributed by atoms with Crippen LogP contribution in [0, 0.1) is 0 Å². The van der Waals surface area contributed by atoms with Gasteiger partial charge in [-0.05, 0) is 11.6 Å². The second-order valence-corrected chi connectivity index (χ2v) is 5.11. The Morgan fingerprint density at radius 2 is 2.14 bits per heavy atom. The lowest BCUT2D eigenvalue weighted by Gasteiger charge is -2.10. The van der Waals surface area contributed by atoms with Crippen LogP contribution in [-0.4, -0.2) is 20.3 Å². The molecule has 21 heavy (non-hydrogen) atoms. The summed E-state index contributed by atoms with van der Waals surface area (Å²) in [6, 6.07) is 7.62. The zero-order valence-electron chi connectivity index (χ0n) is 11.4. The fraction of sp³-hybridized carbons (Fsp3) is 0.133. The van der Waals surface area contributed by atoms with Gasteiger partial charge in [0, 0.05) is 42.5 Å². The van der Waals surface area contributed by atoms with Gasteiger partial charge < -0.3 is 5.32 Å². The van der Waals surface area contributed by atoms with Crippen molar-refractivity contribution in [3.63, 3.8) is 0 Å². The monoisotopic (exact) mass is 300 g/mol. The topological polar surface area (TPSA) is 59.3 Å². The number of carbonyl (C=O) groups is 1. The van der Waals surface area contributed by atoms with E-state index in [0.29, 0.717) is 23.0 Å². The number of nitrogens with zero attached hydrogens (tertiary/aromatic N) is 3. The molecule has 106 valence electrons. The zero-order valence-corrected chi connectivity index (χ0v) is 12.1. The molecule has 2 aromatic heterocycles. The maximum Gasteiger partial charge on any atom is 0.235 e. The third-order valence-corrected chi connectivity index (χ3v) is 3.46. The molecule has 0 unspecified atom stereocenters. The molecule has 0 saturated carbocycles. The molecule has 3 aromatic rings. The van der Waals surface area contributed by atoms with Crippen LogP contribution in [0.4, 0.5) is 5.82 Å². The molecule has 0 spiro atoms. The Morgan fingerprint density at radius 3 is 2.90 bits per heavy atom. The third kappa shape index (κ3) is 2.87. The highest BCUT2D eigenvalue weighted by Gasteiger charge is 2.11. The van der Waals surface area contributed by atoms with Crippen LogP contribution in [0.3, 0.4) is 0 Å². The second kappa shape index (κ2) is 5.54. The predicted molar refractivity (Wildman–Crippen MR) is 81.5 cm³/mol. The number of hydrogen-bond acceptors (Lipinski definition) is 3. The van der Waals surface area contributed by atoms with Crippen molar-refractivity contribution in [2.45, 2.75) is 13.3 Å². The number of anilines is 1. The van der Waals surface area contributed by atoms with Crippen molar-refractivity contribution < 1.29 is 4.79 Å². The molecule has 0 aliphatic heterocycles. The molecular weight excluding hydrogens is 288 g/mol. The van der Waals surface area contributed by atoms with Gasteiger partial charge in [0.1, 0.15) is 5.82 Å². The number of rotatable bonds is 3. The van der Waals surface area contributed by atoms with Gasteiger partial charge >= 0.3 is 0 Å². The highest BCUT2D eigenvalue weighted by Crippen LogP contribution is 2.23. The molecule has 0 saturated heterocycles. The van der Waals surface area contributed by atoms with Crippen LogP contribution < -0.4 is 5.32 Å². The van der Waals surface area contributed by atoms with E-state index in [9.17, 15) is 4.79 Å². The standard InChI is InChI=1S/C15H13ClN4O/c1-10(21)18-14-12(8-11-4-2-3-5-13(11)16)9-20-7-6-17-15(20)19-14/h2-7,9H,8H2,1H3,(H,17,18,19,21). The summed E-state index contributed by atoms with van der Waals surface area (Å²) >= 11 is 6.20. The van der Waals surface area contributed by atoms with Crippen LogP contribution in [0.2, 0.25) is 5.02 Å². The molecule has 0 aliphatic rings. The number of fused-ring (bicyclic) bond motifs is 1. The molecule has 0 radical (unpaired) electrons. The first-order valence-electron chi connectivity index (χ1n) is 6.47. The number of carbonyl (C=O) groups excluding carboxylic acids is 1. The third-order valence-electron chi connectivity index (χ3n) is 3.09. The second-order valence-electron chi connectivity index (χ2n) is 4.70. The maximum absolute atomic E-state index is 11.4. The van der Waals surface area contributed by atoms with Gasteiger partial charge in [0.15, 0.2) is 0 Å². The van der Waals surface area contributed by atoms with E-state index in [4.69, 9.17) is 11.6 Å². The molecule has 0 fully saturated rings. The largest absolute Gasteiger partial charge is 0.311 e. The average Bonchev–Trinajstić information content (AvgIpc) is 2.88. The summed E-state index contributed by atoms with van der Waals surface area (Å²) in [5.74, 6) is 0.890. The van der Waals surface area contributed by atoms with E-state index in [2.05, 4.69) is 15.3 Å². The summed E-state index contributed by atoms with van der Waals surface area (Å²) in [4.78, 5) is 19.9. The first-order valence-corrected chi connectivity index (χ1v) is 6.85. The van der Waals surface area contributed by atoms with Crippen molar-refractivity contribution in [2.24, 2.45) is 0 Å². The summed E-state index contributed by atoms with van der Waals surface area (Å²) < 4.78 is 1.82. The van der Waals surface area contributed by atoms with Crippen molar-refractivity contribution in [3.05, 3.63) is 59.0 Å². The Bertz CT molecular complexity index is 812. The van der Waals surface area contributed by atoms with Crippen molar-refractivity contribution in [3.8, 4) is 0 Å². The molecule has 0 bridgehead atoms. The van der Waals surface area contributed by atoms with Crippen LogP contribution in [0.15, 0.2) is 42.9 Å². The summed E-state index contributed by atoms with van der Waals surface area (Å²) in [5, 5.41) is 3.44. The molecule has 0 aliphatic carbocycles. The van der Waals surface area contributed by atoms with E-state index in [1.54, 1.807) is 6.20 Å². The number of aromatic nitrogens is 3.